The zero-order valence-corrected chi connectivity index (χ0v) is 9.14. The summed E-state index contributed by atoms with van der Waals surface area (Å²) in [6, 6.07) is 0. The number of hydrogen-bond donors (Lipinski definition) is 2. The summed E-state index contributed by atoms with van der Waals surface area (Å²) in [6.07, 6.45) is 2.85. The molecule has 0 spiro atoms. The first-order chi connectivity index (χ1) is 6.05. The smallest absolute Gasteiger partial charge is 0.0494 e. The molecule has 1 atom stereocenters. The van der Waals surface area contributed by atoms with E-state index in [1.807, 2.05) is 0 Å². The van der Waals surface area contributed by atoms with E-state index in [-0.39, 0.29) is 12.0 Å². The van der Waals surface area contributed by atoms with Crippen molar-refractivity contribution in [3.05, 3.63) is 0 Å². The average molecular weight is 185 g/mol. The fourth-order valence-corrected chi connectivity index (χ4v) is 1.53. The van der Waals surface area contributed by atoms with E-state index in [0.29, 0.717) is 0 Å². The Labute approximate surface area is 81.7 Å². The van der Waals surface area contributed by atoms with Crippen LogP contribution in [0, 0.1) is 17.3 Å². The molecular formula is C11H23NO. The molecule has 2 N–H and O–H groups in total. The van der Waals surface area contributed by atoms with Gasteiger partial charge in [0.25, 0.3) is 0 Å². The summed E-state index contributed by atoms with van der Waals surface area (Å²) in [5, 5.41) is 12.5. The monoisotopic (exact) mass is 185 g/mol. The molecule has 1 aliphatic carbocycles. The van der Waals surface area contributed by atoms with Crippen LogP contribution in [0.1, 0.15) is 33.6 Å². The molecule has 0 aliphatic heterocycles. The van der Waals surface area contributed by atoms with Crippen LogP contribution in [-0.2, 0) is 0 Å². The van der Waals surface area contributed by atoms with E-state index in [1.165, 1.54) is 12.8 Å². The Balaban J connectivity index is 2.05. The normalized spacial score (nSPS) is 20.3. The van der Waals surface area contributed by atoms with E-state index in [0.717, 1.165) is 24.9 Å². The van der Waals surface area contributed by atoms with Gasteiger partial charge in [0.2, 0.25) is 0 Å². The van der Waals surface area contributed by atoms with Gasteiger partial charge >= 0.3 is 0 Å². The van der Waals surface area contributed by atoms with Gasteiger partial charge < -0.3 is 10.4 Å². The molecule has 2 heteroatoms. The highest BCUT2D eigenvalue weighted by Crippen LogP contribution is 2.36. The van der Waals surface area contributed by atoms with Gasteiger partial charge in [-0.15, -0.1) is 0 Å². The van der Waals surface area contributed by atoms with Gasteiger partial charge in [-0.1, -0.05) is 20.8 Å². The molecule has 0 aromatic rings. The lowest BCUT2D eigenvalue weighted by Crippen LogP contribution is -2.34. The zero-order chi connectivity index (χ0) is 9.90. The zero-order valence-electron chi connectivity index (χ0n) is 9.14. The van der Waals surface area contributed by atoms with E-state index < -0.39 is 0 Å². The van der Waals surface area contributed by atoms with Crippen molar-refractivity contribution in [2.24, 2.45) is 17.3 Å². The number of hydrogen-bond acceptors (Lipinski definition) is 2. The fraction of sp³-hybridized carbons (Fsp3) is 1.00. The maximum atomic E-state index is 9.04. The molecule has 0 amide bonds. The second kappa shape index (κ2) is 4.43. The van der Waals surface area contributed by atoms with Gasteiger partial charge in [-0.25, -0.2) is 0 Å². The second-order valence-corrected chi connectivity index (χ2v) is 5.27. The quantitative estimate of drug-likeness (QED) is 0.659. The van der Waals surface area contributed by atoms with Crippen LogP contribution >= 0.6 is 0 Å². The summed E-state index contributed by atoms with van der Waals surface area (Å²) in [4.78, 5) is 0. The minimum Gasteiger partial charge on any atom is -0.396 e. The third-order valence-electron chi connectivity index (χ3n) is 2.92. The molecule has 0 radical (unpaired) electrons. The highest BCUT2D eigenvalue weighted by Gasteiger charge is 2.27. The van der Waals surface area contributed by atoms with Gasteiger partial charge in [0, 0.05) is 18.6 Å². The van der Waals surface area contributed by atoms with Crippen molar-refractivity contribution in [2.75, 3.05) is 19.7 Å². The van der Waals surface area contributed by atoms with Crippen molar-refractivity contribution in [3.63, 3.8) is 0 Å². The minimum absolute atomic E-state index is 0.0310. The van der Waals surface area contributed by atoms with Gasteiger partial charge in [-0.05, 0) is 31.2 Å². The van der Waals surface area contributed by atoms with Crippen LogP contribution in [-0.4, -0.2) is 24.8 Å². The summed E-state index contributed by atoms with van der Waals surface area (Å²) in [5.41, 5.74) is 0.0310. The van der Waals surface area contributed by atoms with Gasteiger partial charge in [0.05, 0.1) is 0 Å². The molecule has 1 unspecified atom stereocenters. The molecule has 78 valence electrons. The van der Waals surface area contributed by atoms with Crippen LogP contribution in [0.4, 0.5) is 0 Å². The molecule has 13 heavy (non-hydrogen) atoms. The first-order valence-corrected chi connectivity index (χ1v) is 5.37. The largest absolute Gasteiger partial charge is 0.396 e. The molecular weight excluding hydrogens is 162 g/mol. The fourth-order valence-electron chi connectivity index (χ4n) is 1.53. The molecule has 0 saturated heterocycles. The topological polar surface area (TPSA) is 32.3 Å². The summed E-state index contributed by atoms with van der Waals surface area (Å²) < 4.78 is 0. The summed E-state index contributed by atoms with van der Waals surface area (Å²) in [5.74, 6) is 1.79. The van der Waals surface area contributed by atoms with Crippen molar-refractivity contribution in [1.29, 1.82) is 0 Å². The Kier molecular flexibility index (Phi) is 3.74. The molecule has 0 bridgehead atoms. The maximum Gasteiger partial charge on any atom is 0.0494 e. The van der Waals surface area contributed by atoms with Crippen molar-refractivity contribution in [2.45, 2.75) is 33.6 Å². The van der Waals surface area contributed by atoms with Gasteiger partial charge in [-0.3, -0.25) is 0 Å². The molecule has 2 nitrogen and oxygen atoms in total. The van der Waals surface area contributed by atoms with E-state index in [4.69, 9.17) is 5.11 Å². The predicted octanol–water partition coefficient (Wildman–Crippen LogP) is 1.64. The molecule has 0 aromatic carbocycles. The van der Waals surface area contributed by atoms with Crippen LogP contribution in [0.3, 0.4) is 0 Å². The SMILES string of the molecule is CC(CNCC(C)(C)CO)C1CC1. The maximum absolute atomic E-state index is 9.04. The van der Waals surface area contributed by atoms with Crippen molar-refractivity contribution in [3.8, 4) is 0 Å². The number of aliphatic hydroxyl groups excluding tert-OH is 1. The van der Waals surface area contributed by atoms with Gasteiger partial charge in [0.15, 0.2) is 0 Å². The first kappa shape index (κ1) is 11.0. The molecule has 1 saturated carbocycles. The van der Waals surface area contributed by atoms with Crippen LogP contribution in [0.5, 0.6) is 0 Å². The number of rotatable bonds is 6. The van der Waals surface area contributed by atoms with E-state index >= 15 is 0 Å². The van der Waals surface area contributed by atoms with Crippen molar-refractivity contribution < 1.29 is 5.11 Å². The third kappa shape index (κ3) is 4.10. The summed E-state index contributed by atoms with van der Waals surface area (Å²) in [7, 11) is 0. The minimum atomic E-state index is 0.0310. The summed E-state index contributed by atoms with van der Waals surface area (Å²) in [6.45, 7) is 8.77. The Morgan fingerprint density at radius 3 is 2.54 bits per heavy atom. The van der Waals surface area contributed by atoms with E-state index in [9.17, 15) is 0 Å². The Bertz CT molecular complexity index is 152. The van der Waals surface area contributed by atoms with Crippen molar-refractivity contribution in [1.82, 2.24) is 5.32 Å². The molecule has 1 fully saturated rings. The van der Waals surface area contributed by atoms with Crippen LogP contribution in [0.15, 0.2) is 0 Å². The van der Waals surface area contributed by atoms with Crippen LogP contribution < -0.4 is 5.32 Å². The lowest BCUT2D eigenvalue weighted by molar-refractivity contribution is 0.155. The highest BCUT2D eigenvalue weighted by atomic mass is 16.3. The van der Waals surface area contributed by atoms with Gasteiger partial charge in [0.1, 0.15) is 0 Å². The lowest BCUT2D eigenvalue weighted by atomic mass is 9.94. The standard InChI is InChI=1S/C11H23NO/c1-9(10-4-5-10)6-12-7-11(2,3)8-13/h9-10,12-13H,4-8H2,1-3H3. The Hall–Kier alpha value is -0.0800. The average Bonchev–Trinajstić information content (AvgIpc) is 2.86. The Morgan fingerprint density at radius 1 is 1.46 bits per heavy atom. The van der Waals surface area contributed by atoms with Gasteiger partial charge in [-0.2, -0.15) is 0 Å². The molecule has 1 aliphatic rings. The van der Waals surface area contributed by atoms with Crippen LogP contribution in [0.25, 0.3) is 0 Å². The molecule has 0 heterocycles. The van der Waals surface area contributed by atoms with Crippen molar-refractivity contribution >= 4 is 0 Å². The summed E-state index contributed by atoms with van der Waals surface area (Å²) >= 11 is 0. The lowest BCUT2D eigenvalue weighted by Gasteiger charge is -2.23. The van der Waals surface area contributed by atoms with Crippen LogP contribution in [0.2, 0.25) is 0 Å². The Morgan fingerprint density at radius 2 is 2.08 bits per heavy atom. The highest BCUT2D eigenvalue weighted by molar-refractivity contribution is 4.80. The molecule has 1 rings (SSSR count). The first-order valence-electron chi connectivity index (χ1n) is 5.37. The third-order valence-corrected chi connectivity index (χ3v) is 2.92. The van der Waals surface area contributed by atoms with E-state index in [1.54, 1.807) is 0 Å². The number of nitrogens with one attached hydrogen (secondary N) is 1. The predicted molar refractivity (Wildman–Crippen MR) is 55.6 cm³/mol. The van der Waals surface area contributed by atoms with E-state index in [2.05, 4.69) is 26.1 Å². The molecule has 0 aromatic heterocycles. The number of aliphatic hydroxyl groups is 1. The second-order valence-electron chi connectivity index (χ2n) is 5.27.